The van der Waals surface area contributed by atoms with Crippen molar-refractivity contribution in [3.8, 4) is 0 Å². The Morgan fingerprint density at radius 2 is 2.27 bits per heavy atom. The fourth-order valence-corrected chi connectivity index (χ4v) is 2.37. The number of allylic oxidation sites excluding steroid dienone is 1. The average Bonchev–Trinajstić information content (AvgIpc) is 2.28. The number of hydrogen-bond acceptors (Lipinski definition) is 1. The van der Waals surface area contributed by atoms with Gasteiger partial charge in [0.1, 0.15) is 0 Å². The summed E-state index contributed by atoms with van der Waals surface area (Å²) in [5.74, 6) is 1.61. The predicted molar refractivity (Wildman–Crippen MR) is 45.1 cm³/mol. The molecule has 0 radical (unpaired) electrons. The van der Waals surface area contributed by atoms with Crippen LogP contribution in [-0.2, 0) is 0 Å². The fraction of sp³-hybridized carbons (Fsp3) is 0.800. The summed E-state index contributed by atoms with van der Waals surface area (Å²) in [7, 11) is 0. The van der Waals surface area contributed by atoms with E-state index in [0.717, 1.165) is 18.3 Å². The molecule has 2 rings (SSSR count). The molecular formula is C10H16O. The van der Waals surface area contributed by atoms with Crippen LogP contribution < -0.4 is 0 Å². The molecule has 3 atom stereocenters. The first-order valence-electron chi connectivity index (χ1n) is 4.42. The highest BCUT2D eigenvalue weighted by atomic mass is 16.3. The largest absolute Gasteiger partial charge is 0.389 e. The lowest BCUT2D eigenvalue weighted by Crippen LogP contribution is -2.06. The molecule has 0 spiro atoms. The van der Waals surface area contributed by atoms with Gasteiger partial charge in [0.05, 0.1) is 6.10 Å². The van der Waals surface area contributed by atoms with Gasteiger partial charge in [-0.05, 0) is 36.2 Å². The van der Waals surface area contributed by atoms with Crippen LogP contribution in [0.2, 0.25) is 0 Å². The van der Waals surface area contributed by atoms with E-state index in [0.29, 0.717) is 5.41 Å². The van der Waals surface area contributed by atoms with Gasteiger partial charge in [-0.2, -0.15) is 0 Å². The van der Waals surface area contributed by atoms with E-state index in [4.69, 9.17) is 0 Å². The van der Waals surface area contributed by atoms with Crippen LogP contribution in [0.4, 0.5) is 0 Å². The summed E-state index contributed by atoms with van der Waals surface area (Å²) in [5, 5.41) is 9.29. The maximum Gasteiger partial charge on any atom is 0.0722 e. The maximum absolute atomic E-state index is 9.29. The molecule has 1 nitrogen and oxygen atoms in total. The molecule has 62 valence electrons. The highest BCUT2D eigenvalue weighted by Gasteiger charge is 2.59. The zero-order valence-corrected chi connectivity index (χ0v) is 7.46. The van der Waals surface area contributed by atoms with E-state index >= 15 is 0 Å². The summed E-state index contributed by atoms with van der Waals surface area (Å²) in [5.41, 5.74) is 1.80. The first-order chi connectivity index (χ1) is 5.03. The van der Waals surface area contributed by atoms with E-state index in [-0.39, 0.29) is 6.10 Å². The summed E-state index contributed by atoms with van der Waals surface area (Å²) < 4.78 is 0. The maximum atomic E-state index is 9.29. The standard InChI is InChI=1S/C10H16O/c1-6(11)7-4-8-9(5-7)10(8,2)3/h4,6,8-9,11H,5H2,1-3H3/t6?,8-,9+/m0/s1. The molecule has 1 unspecified atom stereocenters. The molecule has 0 aromatic carbocycles. The second-order valence-electron chi connectivity index (χ2n) is 4.58. The normalized spacial score (nSPS) is 41.3. The minimum atomic E-state index is -0.210. The van der Waals surface area contributed by atoms with Gasteiger partial charge in [0.25, 0.3) is 0 Å². The Hall–Kier alpha value is -0.300. The quantitative estimate of drug-likeness (QED) is 0.569. The Kier molecular flexibility index (Phi) is 1.26. The third-order valence-electron chi connectivity index (χ3n) is 3.53. The molecule has 11 heavy (non-hydrogen) atoms. The van der Waals surface area contributed by atoms with Crippen molar-refractivity contribution in [2.45, 2.75) is 33.3 Å². The van der Waals surface area contributed by atoms with Gasteiger partial charge in [-0.15, -0.1) is 0 Å². The average molecular weight is 152 g/mol. The summed E-state index contributed by atoms with van der Waals surface area (Å²) in [6, 6.07) is 0. The zero-order chi connectivity index (χ0) is 8.22. The molecule has 2 aliphatic rings. The van der Waals surface area contributed by atoms with Crippen LogP contribution in [0.1, 0.15) is 27.2 Å². The molecule has 0 saturated heterocycles. The van der Waals surface area contributed by atoms with Gasteiger partial charge >= 0.3 is 0 Å². The van der Waals surface area contributed by atoms with E-state index in [1.807, 2.05) is 6.92 Å². The fourth-order valence-electron chi connectivity index (χ4n) is 2.37. The topological polar surface area (TPSA) is 20.2 Å². The Morgan fingerprint density at radius 3 is 2.64 bits per heavy atom. The van der Waals surface area contributed by atoms with Gasteiger partial charge in [0, 0.05) is 0 Å². The highest BCUT2D eigenvalue weighted by Crippen LogP contribution is 2.65. The molecule has 0 aromatic rings. The van der Waals surface area contributed by atoms with Crippen LogP contribution in [-0.4, -0.2) is 11.2 Å². The number of fused-ring (bicyclic) bond motifs is 1. The molecule has 1 saturated carbocycles. The number of hydrogen-bond donors (Lipinski definition) is 1. The van der Waals surface area contributed by atoms with E-state index in [9.17, 15) is 5.11 Å². The Morgan fingerprint density at radius 1 is 1.64 bits per heavy atom. The van der Waals surface area contributed by atoms with Gasteiger partial charge in [-0.3, -0.25) is 0 Å². The molecule has 2 aliphatic carbocycles. The summed E-state index contributed by atoms with van der Waals surface area (Å²) in [6.07, 6.45) is 3.21. The van der Waals surface area contributed by atoms with Crippen molar-refractivity contribution in [1.29, 1.82) is 0 Å². The second-order valence-corrected chi connectivity index (χ2v) is 4.58. The lowest BCUT2D eigenvalue weighted by atomic mass is 9.98. The first kappa shape index (κ1) is 7.35. The molecule has 0 heterocycles. The SMILES string of the molecule is CC(O)C1=C[C@H]2[C@@H](C1)C2(C)C. The molecule has 1 heteroatoms. The number of aliphatic hydroxyl groups excluding tert-OH is 1. The lowest BCUT2D eigenvalue weighted by molar-refractivity contribution is 0.225. The Bertz CT molecular complexity index is 213. The molecule has 0 amide bonds. The smallest absolute Gasteiger partial charge is 0.0722 e. The minimum absolute atomic E-state index is 0.210. The van der Waals surface area contributed by atoms with Gasteiger partial charge in [0.15, 0.2) is 0 Å². The zero-order valence-electron chi connectivity index (χ0n) is 7.46. The third kappa shape index (κ3) is 0.871. The number of aliphatic hydroxyl groups is 1. The van der Waals surface area contributed by atoms with Crippen molar-refractivity contribution in [2.24, 2.45) is 17.3 Å². The monoisotopic (exact) mass is 152 g/mol. The van der Waals surface area contributed by atoms with Crippen LogP contribution in [0.15, 0.2) is 11.6 Å². The van der Waals surface area contributed by atoms with Crippen molar-refractivity contribution >= 4 is 0 Å². The van der Waals surface area contributed by atoms with Crippen LogP contribution in [0.3, 0.4) is 0 Å². The van der Waals surface area contributed by atoms with Crippen molar-refractivity contribution in [1.82, 2.24) is 0 Å². The van der Waals surface area contributed by atoms with Gasteiger partial charge in [-0.25, -0.2) is 0 Å². The van der Waals surface area contributed by atoms with E-state index in [1.165, 1.54) is 5.57 Å². The predicted octanol–water partition coefficient (Wildman–Crippen LogP) is 1.97. The summed E-state index contributed by atoms with van der Waals surface area (Å²) in [6.45, 7) is 6.50. The Balaban J connectivity index is 2.10. The highest BCUT2D eigenvalue weighted by molar-refractivity contribution is 5.29. The third-order valence-corrected chi connectivity index (χ3v) is 3.53. The van der Waals surface area contributed by atoms with Crippen molar-refractivity contribution in [3.63, 3.8) is 0 Å². The minimum Gasteiger partial charge on any atom is -0.389 e. The van der Waals surface area contributed by atoms with E-state index in [2.05, 4.69) is 19.9 Å². The van der Waals surface area contributed by atoms with Crippen molar-refractivity contribution < 1.29 is 5.11 Å². The van der Waals surface area contributed by atoms with Crippen LogP contribution >= 0.6 is 0 Å². The van der Waals surface area contributed by atoms with Crippen molar-refractivity contribution in [2.75, 3.05) is 0 Å². The molecule has 1 N–H and O–H groups in total. The Labute approximate surface area is 68.1 Å². The van der Waals surface area contributed by atoms with Crippen LogP contribution in [0, 0.1) is 17.3 Å². The lowest BCUT2D eigenvalue weighted by Gasteiger charge is -2.11. The molecular weight excluding hydrogens is 136 g/mol. The van der Waals surface area contributed by atoms with Crippen LogP contribution in [0.5, 0.6) is 0 Å². The summed E-state index contributed by atoms with van der Waals surface area (Å²) >= 11 is 0. The van der Waals surface area contributed by atoms with Gasteiger partial charge < -0.3 is 5.11 Å². The molecule has 0 aromatic heterocycles. The van der Waals surface area contributed by atoms with Gasteiger partial charge in [-0.1, -0.05) is 19.9 Å². The van der Waals surface area contributed by atoms with Crippen LogP contribution in [0.25, 0.3) is 0 Å². The van der Waals surface area contributed by atoms with E-state index in [1.54, 1.807) is 0 Å². The second kappa shape index (κ2) is 1.89. The van der Waals surface area contributed by atoms with Gasteiger partial charge in [0.2, 0.25) is 0 Å². The first-order valence-corrected chi connectivity index (χ1v) is 4.42. The number of rotatable bonds is 1. The van der Waals surface area contributed by atoms with E-state index < -0.39 is 0 Å². The molecule has 1 fully saturated rings. The molecule has 0 bridgehead atoms. The summed E-state index contributed by atoms with van der Waals surface area (Å²) in [4.78, 5) is 0. The van der Waals surface area contributed by atoms with Crippen molar-refractivity contribution in [3.05, 3.63) is 11.6 Å². The molecule has 0 aliphatic heterocycles.